The summed E-state index contributed by atoms with van der Waals surface area (Å²) in [6, 6.07) is 5.98. The molecule has 156 valence electrons. The molecule has 3 heterocycles. The summed E-state index contributed by atoms with van der Waals surface area (Å²) < 4.78 is 2.12. The van der Waals surface area contributed by atoms with Crippen LogP contribution in [0.2, 0.25) is 0 Å². The summed E-state index contributed by atoms with van der Waals surface area (Å²) in [7, 11) is 2.05. The number of hydrogen-bond acceptors (Lipinski definition) is 6. The molecule has 2 aromatic rings. The smallest absolute Gasteiger partial charge is 0.225 e. The van der Waals surface area contributed by atoms with Crippen LogP contribution < -0.4 is 10.8 Å². The van der Waals surface area contributed by atoms with E-state index in [1.807, 2.05) is 25.2 Å². The van der Waals surface area contributed by atoms with E-state index in [2.05, 4.69) is 36.7 Å². The zero-order chi connectivity index (χ0) is 20.9. The van der Waals surface area contributed by atoms with Gasteiger partial charge in [-0.05, 0) is 36.9 Å². The molecule has 0 atom stereocenters. The number of allylic oxidation sites excluding steroid dienone is 1. The van der Waals surface area contributed by atoms with Crippen molar-refractivity contribution in [2.75, 3.05) is 19.6 Å². The summed E-state index contributed by atoms with van der Waals surface area (Å²) in [6.07, 6.45) is 8.06. The maximum Gasteiger partial charge on any atom is 0.225 e. The van der Waals surface area contributed by atoms with Crippen molar-refractivity contribution < 1.29 is 15.5 Å². The Labute approximate surface area is 175 Å². The van der Waals surface area contributed by atoms with Crippen LogP contribution in [-0.4, -0.2) is 52.8 Å². The summed E-state index contributed by atoms with van der Waals surface area (Å²) in [5.41, 5.74) is 7.58. The Morgan fingerprint density at radius 3 is 2.97 bits per heavy atom. The number of nitrogens with two attached hydrogens (primary N) is 1. The zero-order valence-electron chi connectivity index (χ0n) is 17.1. The first-order valence-corrected chi connectivity index (χ1v) is 10.2. The van der Waals surface area contributed by atoms with Gasteiger partial charge in [0.1, 0.15) is 0 Å². The van der Waals surface area contributed by atoms with Gasteiger partial charge in [-0.25, -0.2) is 15.2 Å². The van der Waals surface area contributed by atoms with Crippen molar-refractivity contribution in [2.45, 2.75) is 19.4 Å². The maximum absolute atomic E-state index is 10.9. The Morgan fingerprint density at radius 2 is 2.20 bits per heavy atom. The highest BCUT2D eigenvalue weighted by Crippen LogP contribution is 2.23. The van der Waals surface area contributed by atoms with Crippen LogP contribution in [0.5, 0.6) is 0 Å². The van der Waals surface area contributed by atoms with E-state index in [-0.39, 0.29) is 0 Å². The minimum absolute atomic E-state index is 0.408. The fraction of sp³-hybridized carbons (Fsp3) is 0.364. The van der Waals surface area contributed by atoms with Crippen molar-refractivity contribution in [1.29, 1.82) is 0 Å². The summed E-state index contributed by atoms with van der Waals surface area (Å²) in [5, 5.41) is 14.1. The Balaban J connectivity index is 1.29. The molecule has 2 aliphatic rings. The lowest BCUT2D eigenvalue weighted by Crippen LogP contribution is -2.73. The number of likely N-dealkylation sites (tertiary alicyclic amines) is 1. The molecule has 0 bridgehead atoms. The molecule has 0 saturated carbocycles. The molecule has 1 saturated heterocycles. The Kier molecular flexibility index (Phi) is 6.21. The lowest BCUT2D eigenvalue weighted by atomic mass is 9.97. The predicted molar refractivity (Wildman–Crippen MR) is 116 cm³/mol. The second-order valence-electron chi connectivity index (χ2n) is 7.77. The lowest BCUT2D eigenvalue weighted by molar-refractivity contribution is -0.825. The van der Waals surface area contributed by atoms with Gasteiger partial charge in [0.2, 0.25) is 5.96 Å². The van der Waals surface area contributed by atoms with Gasteiger partial charge in [0.05, 0.1) is 11.8 Å². The van der Waals surface area contributed by atoms with Gasteiger partial charge in [0.25, 0.3) is 0 Å². The number of nitrogens with zero attached hydrogens (tertiary/aromatic N) is 4. The number of guanidine groups is 1. The number of carbonyl (C=O) groups excluding carboxylic acids is 1. The second-order valence-corrected chi connectivity index (χ2v) is 7.77. The fourth-order valence-corrected chi connectivity index (χ4v) is 4.05. The first-order valence-electron chi connectivity index (χ1n) is 10.2. The van der Waals surface area contributed by atoms with Gasteiger partial charge in [0.15, 0.2) is 12.0 Å². The van der Waals surface area contributed by atoms with Crippen LogP contribution in [0.4, 0.5) is 5.69 Å². The molecule has 4 rings (SSSR count). The number of aldehydes is 1. The summed E-state index contributed by atoms with van der Waals surface area (Å²) in [6.45, 7) is 3.56. The van der Waals surface area contributed by atoms with Crippen molar-refractivity contribution in [2.24, 2.45) is 23.0 Å². The third-order valence-corrected chi connectivity index (χ3v) is 5.75. The third-order valence-electron chi connectivity index (χ3n) is 5.75. The van der Waals surface area contributed by atoms with Crippen LogP contribution in [0.15, 0.2) is 51.9 Å². The molecule has 2 aliphatic heterocycles. The average Bonchev–Trinajstić information content (AvgIpc) is 2.94. The molecular weight excluding hydrogens is 380 g/mol. The normalized spacial score (nSPS) is 17.2. The molecule has 0 unspecified atom stereocenters. The molecule has 1 aromatic carbocycles. The van der Waals surface area contributed by atoms with Gasteiger partial charge in [-0.2, -0.15) is 5.48 Å². The Morgan fingerprint density at radius 1 is 1.37 bits per heavy atom. The van der Waals surface area contributed by atoms with Gasteiger partial charge in [0, 0.05) is 62.1 Å². The van der Waals surface area contributed by atoms with E-state index in [1.165, 1.54) is 23.4 Å². The van der Waals surface area contributed by atoms with Crippen molar-refractivity contribution >= 4 is 35.1 Å². The van der Waals surface area contributed by atoms with Gasteiger partial charge in [-0.1, -0.05) is 5.73 Å². The molecular formula is C22H27N6O2+. The third kappa shape index (κ3) is 4.42. The van der Waals surface area contributed by atoms with Crippen molar-refractivity contribution in [3.05, 3.63) is 47.5 Å². The summed E-state index contributed by atoms with van der Waals surface area (Å²) in [5.74, 6) is 1.25. The number of benzene rings is 1. The van der Waals surface area contributed by atoms with E-state index in [4.69, 9.17) is 0 Å². The summed E-state index contributed by atoms with van der Waals surface area (Å²) >= 11 is 0. The van der Waals surface area contributed by atoms with Crippen LogP contribution >= 0.6 is 0 Å². The number of quaternary nitrogens is 1. The quantitative estimate of drug-likeness (QED) is 0.290. The van der Waals surface area contributed by atoms with Crippen LogP contribution in [0.3, 0.4) is 0 Å². The molecule has 1 fully saturated rings. The van der Waals surface area contributed by atoms with E-state index in [9.17, 15) is 10.0 Å². The van der Waals surface area contributed by atoms with Crippen LogP contribution in [-0.2, 0) is 18.4 Å². The molecule has 30 heavy (non-hydrogen) atoms. The predicted octanol–water partition coefficient (Wildman–Crippen LogP) is 1.24. The van der Waals surface area contributed by atoms with Crippen molar-refractivity contribution in [1.82, 2.24) is 14.8 Å². The number of aryl methyl sites for hydroxylation is 1. The molecule has 0 spiro atoms. The van der Waals surface area contributed by atoms with E-state index in [0.717, 1.165) is 62.0 Å². The van der Waals surface area contributed by atoms with E-state index >= 15 is 0 Å². The van der Waals surface area contributed by atoms with Crippen LogP contribution in [0, 0.1) is 5.92 Å². The average molecular weight is 407 g/mol. The number of fused-ring (bicyclic) bond motifs is 1. The Hall–Kier alpha value is -3.03. The molecule has 8 nitrogen and oxygen atoms in total. The topological polar surface area (TPSA) is 98.8 Å². The number of hydrogen-bond donors (Lipinski definition) is 3. The largest absolute Gasteiger partial charge is 0.350 e. The highest BCUT2D eigenvalue weighted by molar-refractivity contribution is 6.06. The number of rotatable bonds is 6. The minimum Gasteiger partial charge on any atom is -0.350 e. The molecule has 0 amide bonds. The van der Waals surface area contributed by atoms with Gasteiger partial charge >= 0.3 is 0 Å². The van der Waals surface area contributed by atoms with Crippen LogP contribution in [0.1, 0.15) is 18.4 Å². The zero-order valence-corrected chi connectivity index (χ0v) is 17.1. The highest BCUT2D eigenvalue weighted by Gasteiger charge is 2.21. The first-order chi connectivity index (χ1) is 14.7. The number of piperidine rings is 1. The molecule has 1 aromatic heterocycles. The van der Waals surface area contributed by atoms with E-state index < -0.39 is 0 Å². The highest BCUT2D eigenvalue weighted by atomic mass is 16.5. The minimum atomic E-state index is 0.408. The van der Waals surface area contributed by atoms with Crippen molar-refractivity contribution in [3.8, 4) is 0 Å². The number of nitrogens with one attached hydrogen (secondary N) is 1. The second kappa shape index (κ2) is 9.19. The van der Waals surface area contributed by atoms with Crippen LogP contribution in [0.25, 0.3) is 10.9 Å². The number of carbonyl (C=O) groups is 1. The monoisotopic (exact) mass is 407 g/mol. The van der Waals surface area contributed by atoms with Gasteiger partial charge in [-0.15, -0.1) is 0 Å². The molecule has 8 heteroatoms. The summed E-state index contributed by atoms with van der Waals surface area (Å²) in [4.78, 5) is 21.6. The van der Waals surface area contributed by atoms with Crippen molar-refractivity contribution in [3.63, 3.8) is 0 Å². The molecule has 4 N–H and O–H groups in total. The number of aromatic nitrogens is 1. The number of aliphatic imine (C=N–C) groups is 2. The first kappa shape index (κ1) is 20.3. The van der Waals surface area contributed by atoms with Gasteiger partial charge < -0.3 is 14.8 Å². The molecule has 0 aliphatic carbocycles. The Bertz CT molecular complexity index is 1050. The maximum atomic E-state index is 10.9. The SMILES string of the molecule is Cn1cc(CNCC2CCN(C3=NC=C=C(C=O)C=N3)CC2)c2cc([NH2+]O)ccc21. The standard InChI is InChI=1S/C22H26N6O2/c1-27-14-18(20-10-19(26-30)2-3-21(20)27)13-23-11-16-5-8-28(9-6-16)22-24-7-4-17(15-29)12-25-22/h2-3,7,10,12,14-16,23,26,30H,5-6,8-9,11,13H2,1H3/p+1. The van der Waals surface area contributed by atoms with E-state index in [1.54, 1.807) is 0 Å². The molecule has 0 radical (unpaired) electrons. The van der Waals surface area contributed by atoms with Gasteiger partial charge in [-0.3, -0.25) is 4.79 Å². The van der Waals surface area contributed by atoms with E-state index in [0.29, 0.717) is 17.5 Å². The lowest BCUT2D eigenvalue weighted by Gasteiger charge is -2.32. The fourth-order valence-electron chi connectivity index (χ4n) is 4.05.